The lowest BCUT2D eigenvalue weighted by Gasteiger charge is -2.27. The molecule has 1 aliphatic heterocycles. The third-order valence-corrected chi connectivity index (χ3v) is 8.10. The smallest absolute Gasteiger partial charge is 0.252 e. The first-order valence-corrected chi connectivity index (χ1v) is 13.1. The maximum atomic E-state index is 13.6. The number of carbonyl (C=O) groups is 1. The van der Waals surface area contributed by atoms with E-state index >= 15 is 0 Å². The maximum absolute atomic E-state index is 13.6. The summed E-state index contributed by atoms with van der Waals surface area (Å²) in [5, 5.41) is 10.0. The van der Waals surface area contributed by atoms with Gasteiger partial charge >= 0.3 is 0 Å². The highest BCUT2D eigenvalue weighted by atomic mass is 32.1. The standard InChI is InChI=1S/C29H29N3O2S/c1-18-5-6-23(34-16-22-7-11-30-22)15-25(18)28(33)32-29(8-9-29)26-13-20(21-12-19(2)35-17-21)14-27-24(26)4-3-10-31-27/h3-6,10,12-15,17,22,30H,7-9,11,16H2,1-2H3,(H,32,33)/t22-/m0/s1. The third kappa shape index (κ3) is 4.32. The number of aryl methyl sites for hydroxylation is 2. The van der Waals surface area contributed by atoms with Crippen molar-refractivity contribution in [2.24, 2.45) is 0 Å². The zero-order valence-electron chi connectivity index (χ0n) is 20.1. The van der Waals surface area contributed by atoms with Gasteiger partial charge in [0.2, 0.25) is 0 Å². The first kappa shape index (κ1) is 22.3. The van der Waals surface area contributed by atoms with Gasteiger partial charge in [0.25, 0.3) is 5.91 Å². The Hall–Kier alpha value is -3.22. The highest BCUT2D eigenvalue weighted by Gasteiger charge is 2.47. The molecule has 1 amide bonds. The van der Waals surface area contributed by atoms with E-state index in [0.29, 0.717) is 18.2 Å². The number of hydrogen-bond donors (Lipinski definition) is 2. The van der Waals surface area contributed by atoms with Gasteiger partial charge in [-0.05, 0) is 104 Å². The first-order chi connectivity index (χ1) is 17.0. The molecule has 35 heavy (non-hydrogen) atoms. The van der Waals surface area contributed by atoms with Crippen LogP contribution < -0.4 is 15.4 Å². The minimum absolute atomic E-state index is 0.0546. The Morgan fingerprint density at radius 1 is 1.17 bits per heavy atom. The number of ether oxygens (including phenoxy) is 1. The second-order valence-electron chi connectivity index (χ2n) is 9.80. The van der Waals surface area contributed by atoms with Crippen molar-refractivity contribution in [1.29, 1.82) is 0 Å². The highest BCUT2D eigenvalue weighted by Crippen LogP contribution is 2.49. The summed E-state index contributed by atoms with van der Waals surface area (Å²) in [7, 11) is 0. The van der Waals surface area contributed by atoms with Crippen molar-refractivity contribution in [2.45, 2.75) is 44.7 Å². The molecule has 0 unspecified atom stereocenters. The van der Waals surface area contributed by atoms with E-state index in [1.807, 2.05) is 37.4 Å². The number of nitrogens with one attached hydrogen (secondary N) is 2. The molecular weight excluding hydrogens is 454 g/mol. The van der Waals surface area contributed by atoms with Crippen LogP contribution in [0.5, 0.6) is 5.75 Å². The summed E-state index contributed by atoms with van der Waals surface area (Å²) in [6, 6.07) is 16.9. The van der Waals surface area contributed by atoms with Crippen LogP contribution in [0.15, 0.2) is 60.1 Å². The van der Waals surface area contributed by atoms with Gasteiger partial charge in [-0.1, -0.05) is 12.1 Å². The van der Waals surface area contributed by atoms with E-state index in [4.69, 9.17) is 4.74 Å². The Bertz CT molecular complexity index is 1420. The Morgan fingerprint density at radius 3 is 2.74 bits per heavy atom. The molecule has 0 radical (unpaired) electrons. The molecule has 2 aliphatic rings. The monoisotopic (exact) mass is 483 g/mol. The summed E-state index contributed by atoms with van der Waals surface area (Å²) >= 11 is 1.75. The van der Waals surface area contributed by atoms with Crippen molar-refractivity contribution in [2.75, 3.05) is 13.2 Å². The molecule has 1 saturated heterocycles. The summed E-state index contributed by atoms with van der Waals surface area (Å²) in [6.45, 7) is 5.78. The van der Waals surface area contributed by atoms with Crippen LogP contribution in [0.2, 0.25) is 0 Å². The quantitative estimate of drug-likeness (QED) is 0.352. The molecule has 1 atom stereocenters. The fourth-order valence-electron chi connectivity index (χ4n) is 4.83. The largest absolute Gasteiger partial charge is 0.492 e. The van der Waals surface area contributed by atoms with E-state index in [9.17, 15) is 4.79 Å². The molecule has 2 aromatic heterocycles. The van der Waals surface area contributed by atoms with Crippen LogP contribution in [0.1, 0.15) is 45.6 Å². The molecule has 2 N–H and O–H groups in total. The van der Waals surface area contributed by atoms with Gasteiger partial charge in [0.1, 0.15) is 12.4 Å². The summed E-state index contributed by atoms with van der Waals surface area (Å²) in [6.07, 6.45) is 4.80. The second kappa shape index (κ2) is 8.77. The predicted molar refractivity (Wildman–Crippen MR) is 141 cm³/mol. The molecule has 5 nitrogen and oxygen atoms in total. The topological polar surface area (TPSA) is 63.2 Å². The van der Waals surface area contributed by atoms with E-state index < -0.39 is 0 Å². The van der Waals surface area contributed by atoms with Gasteiger partial charge in [0.15, 0.2) is 0 Å². The fraction of sp³-hybridized carbons (Fsp3) is 0.310. The number of aromatic nitrogens is 1. The van der Waals surface area contributed by atoms with Crippen molar-refractivity contribution < 1.29 is 9.53 Å². The molecule has 6 heteroatoms. The third-order valence-electron chi connectivity index (χ3n) is 7.23. The van der Waals surface area contributed by atoms with E-state index in [-0.39, 0.29) is 11.4 Å². The van der Waals surface area contributed by atoms with Crippen LogP contribution in [0, 0.1) is 13.8 Å². The number of carbonyl (C=O) groups excluding carboxylic acids is 1. The van der Waals surface area contributed by atoms with Crippen molar-refractivity contribution in [3.05, 3.63) is 81.7 Å². The Labute approximate surface area is 209 Å². The summed E-state index contributed by atoms with van der Waals surface area (Å²) in [5.41, 5.74) is 5.69. The number of pyridine rings is 1. The second-order valence-corrected chi connectivity index (χ2v) is 10.9. The normalized spacial score (nSPS) is 18.2. The van der Waals surface area contributed by atoms with Crippen LogP contribution in [-0.2, 0) is 5.54 Å². The summed E-state index contributed by atoms with van der Waals surface area (Å²) in [5.74, 6) is 0.685. The average Bonchev–Trinajstić information content (AvgIpc) is 3.48. The highest BCUT2D eigenvalue weighted by molar-refractivity contribution is 7.10. The van der Waals surface area contributed by atoms with Crippen molar-refractivity contribution in [1.82, 2.24) is 15.6 Å². The minimum atomic E-state index is -0.376. The van der Waals surface area contributed by atoms with Crippen molar-refractivity contribution in [3.8, 4) is 16.9 Å². The van der Waals surface area contributed by atoms with E-state index in [1.165, 1.54) is 10.4 Å². The zero-order valence-corrected chi connectivity index (χ0v) is 20.9. The number of nitrogens with zero attached hydrogens (tertiary/aromatic N) is 1. The van der Waals surface area contributed by atoms with Crippen LogP contribution in [0.3, 0.4) is 0 Å². The van der Waals surface area contributed by atoms with Crippen LogP contribution in [0.25, 0.3) is 22.0 Å². The molecule has 1 aliphatic carbocycles. The van der Waals surface area contributed by atoms with E-state index in [2.05, 4.69) is 52.2 Å². The zero-order chi connectivity index (χ0) is 24.0. The molecule has 2 fully saturated rings. The summed E-state index contributed by atoms with van der Waals surface area (Å²) < 4.78 is 5.96. The maximum Gasteiger partial charge on any atom is 0.252 e. The molecule has 3 heterocycles. The van der Waals surface area contributed by atoms with Crippen molar-refractivity contribution >= 4 is 28.1 Å². The minimum Gasteiger partial charge on any atom is -0.492 e. The number of rotatable bonds is 7. The van der Waals surface area contributed by atoms with E-state index in [1.54, 1.807) is 11.3 Å². The lowest BCUT2D eigenvalue weighted by atomic mass is 9.94. The Morgan fingerprint density at radius 2 is 2.03 bits per heavy atom. The molecule has 1 saturated carbocycles. The molecule has 0 spiro atoms. The molecular formula is C29H29N3O2S. The number of thiophene rings is 1. The molecule has 0 bridgehead atoms. The van der Waals surface area contributed by atoms with Crippen molar-refractivity contribution in [3.63, 3.8) is 0 Å². The lowest BCUT2D eigenvalue weighted by molar-refractivity contribution is 0.0930. The number of benzene rings is 2. The summed E-state index contributed by atoms with van der Waals surface area (Å²) in [4.78, 5) is 19.5. The average molecular weight is 484 g/mol. The van der Waals surface area contributed by atoms with Gasteiger partial charge in [-0.15, -0.1) is 11.3 Å². The number of amides is 1. The molecule has 6 rings (SSSR count). The Kier molecular flexibility index (Phi) is 5.58. The fourth-order valence-corrected chi connectivity index (χ4v) is 5.55. The molecule has 4 aromatic rings. The molecule has 178 valence electrons. The van der Waals surface area contributed by atoms with Gasteiger partial charge < -0.3 is 15.4 Å². The van der Waals surface area contributed by atoms with Gasteiger partial charge in [-0.3, -0.25) is 9.78 Å². The SMILES string of the molecule is Cc1cc(-c2cc(C3(NC(=O)c4cc(OC[C@@H]5CCN5)ccc4C)CC3)c3cccnc3c2)cs1. The van der Waals surface area contributed by atoms with Crippen LogP contribution in [-0.4, -0.2) is 30.1 Å². The van der Waals surface area contributed by atoms with Gasteiger partial charge in [-0.2, -0.15) is 0 Å². The van der Waals surface area contributed by atoms with E-state index in [0.717, 1.165) is 59.2 Å². The number of fused-ring (bicyclic) bond motifs is 1. The predicted octanol–water partition coefficient (Wildman–Crippen LogP) is 5.74. The lowest BCUT2D eigenvalue weighted by Crippen LogP contribution is -2.46. The Balaban J connectivity index is 1.31. The van der Waals surface area contributed by atoms with Crippen LogP contribution in [0.4, 0.5) is 0 Å². The first-order valence-electron chi connectivity index (χ1n) is 12.2. The van der Waals surface area contributed by atoms with Gasteiger partial charge in [0, 0.05) is 28.1 Å². The van der Waals surface area contributed by atoms with Gasteiger partial charge in [-0.25, -0.2) is 0 Å². The van der Waals surface area contributed by atoms with Crippen LogP contribution >= 0.6 is 11.3 Å². The number of hydrogen-bond acceptors (Lipinski definition) is 5. The molecule has 2 aromatic carbocycles. The van der Waals surface area contributed by atoms with Gasteiger partial charge in [0.05, 0.1) is 11.1 Å².